The Labute approximate surface area is 100 Å². The Morgan fingerprint density at radius 3 is 2.59 bits per heavy atom. The maximum Gasteiger partial charge on any atom is 0.224 e. The maximum absolute atomic E-state index is 4.33. The van der Waals surface area contributed by atoms with Crippen molar-refractivity contribution in [3.63, 3.8) is 0 Å². The number of rotatable bonds is 3. The average molecular weight is 232 g/mol. The predicted octanol–water partition coefficient (Wildman–Crippen LogP) is 1.61. The van der Waals surface area contributed by atoms with Crippen molar-refractivity contribution in [1.82, 2.24) is 19.7 Å². The van der Waals surface area contributed by atoms with E-state index in [2.05, 4.69) is 25.7 Å². The van der Waals surface area contributed by atoms with Crippen LogP contribution < -0.4 is 10.6 Å². The molecule has 17 heavy (non-hydrogen) atoms. The van der Waals surface area contributed by atoms with Gasteiger partial charge in [-0.2, -0.15) is 10.1 Å². The molecular formula is C11H16N6. The third kappa shape index (κ3) is 2.52. The molecule has 90 valence electrons. The van der Waals surface area contributed by atoms with E-state index >= 15 is 0 Å². The first-order valence-corrected chi connectivity index (χ1v) is 5.39. The van der Waals surface area contributed by atoms with Gasteiger partial charge in [-0.15, -0.1) is 0 Å². The van der Waals surface area contributed by atoms with Crippen molar-refractivity contribution in [2.75, 3.05) is 17.7 Å². The lowest BCUT2D eigenvalue weighted by molar-refractivity contribution is 0.756. The van der Waals surface area contributed by atoms with Gasteiger partial charge in [-0.3, -0.25) is 4.68 Å². The Morgan fingerprint density at radius 1 is 1.24 bits per heavy atom. The third-order valence-corrected chi connectivity index (χ3v) is 2.35. The molecule has 0 spiro atoms. The average Bonchev–Trinajstić information content (AvgIpc) is 2.56. The van der Waals surface area contributed by atoms with Crippen LogP contribution in [0.25, 0.3) is 0 Å². The molecule has 0 atom stereocenters. The maximum atomic E-state index is 4.33. The van der Waals surface area contributed by atoms with Crippen LogP contribution in [0.2, 0.25) is 0 Å². The van der Waals surface area contributed by atoms with Gasteiger partial charge in [0.1, 0.15) is 5.82 Å². The molecule has 2 heterocycles. The molecule has 0 saturated carbocycles. The zero-order chi connectivity index (χ0) is 12.4. The molecule has 0 aliphatic heterocycles. The van der Waals surface area contributed by atoms with Crippen LogP contribution in [0, 0.1) is 13.8 Å². The third-order valence-electron chi connectivity index (χ3n) is 2.35. The summed E-state index contributed by atoms with van der Waals surface area (Å²) in [6.07, 6.45) is 1.92. The van der Waals surface area contributed by atoms with Crippen LogP contribution >= 0.6 is 0 Å². The van der Waals surface area contributed by atoms with Gasteiger partial charge in [-0.25, -0.2) is 4.98 Å². The fourth-order valence-corrected chi connectivity index (χ4v) is 1.60. The fraction of sp³-hybridized carbons (Fsp3) is 0.364. The Bertz CT molecular complexity index is 531. The topological polar surface area (TPSA) is 67.7 Å². The van der Waals surface area contributed by atoms with E-state index in [1.807, 2.05) is 33.2 Å². The molecule has 2 aromatic rings. The fourth-order valence-electron chi connectivity index (χ4n) is 1.60. The summed E-state index contributed by atoms with van der Waals surface area (Å²) in [5, 5.41) is 10.4. The summed E-state index contributed by atoms with van der Waals surface area (Å²) in [7, 11) is 3.69. The molecule has 0 aliphatic rings. The van der Waals surface area contributed by atoms with Crippen molar-refractivity contribution >= 4 is 17.5 Å². The van der Waals surface area contributed by atoms with Crippen LogP contribution in [-0.4, -0.2) is 26.8 Å². The Hall–Kier alpha value is -2.11. The number of anilines is 3. The van der Waals surface area contributed by atoms with Crippen LogP contribution in [0.15, 0.2) is 12.3 Å². The lowest BCUT2D eigenvalue weighted by atomic mass is 10.3. The van der Waals surface area contributed by atoms with E-state index in [0.29, 0.717) is 5.95 Å². The van der Waals surface area contributed by atoms with Gasteiger partial charge in [0.25, 0.3) is 0 Å². The SMILES string of the molecule is CNc1nc(C)cc(Nc2cn(C)nc2C)n1. The highest BCUT2D eigenvalue weighted by Crippen LogP contribution is 2.18. The molecule has 0 aromatic carbocycles. The lowest BCUT2D eigenvalue weighted by Crippen LogP contribution is -2.02. The summed E-state index contributed by atoms with van der Waals surface area (Å²) in [5.41, 5.74) is 2.80. The van der Waals surface area contributed by atoms with Crippen LogP contribution in [0.3, 0.4) is 0 Å². The Morgan fingerprint density at radius 2 is 2.00 bits per heavy atom. The second-order valence-electron chi connectivity index (χ2n) is 3.90. The molecular weight excluding hydrogens is 216 g/mol. The van der Waals surface area contributed by atoms with Crippen LogP contribution in [0.4, 0.5) is 17.5 Å². The normalized spacial score (nSPS) is 10.4. The number of hydrogen-bond donors (Lipinski definition) is 2. The monoisotopic (exact) mass is 232 g/mol. The van der Waals surface area contributed by atoms with Crippen molar-refractivity contribution in [3.8, 4) is 0 Å². The molecule has 6 nitrogen and oxygen atoms in total. The number of aryl methyl sites for hydroxylation is 3. The van der Waals surface area contributed by atoms with Gasteiger partial charge in [0.15, 0.2) is 0 Å². The lowest BCUT2D eigenvalue weighted by Gasteiger charge is -2.06. The summed E-state index contributed by atoms with van der Waals surface area (Å²) in [6.45, 7) is 3.89. The zero-order valence-electron chi connectivity index (χ0n) is 10.4. The molecule has 0 radical (unpaired) electrons. The molecule has 2 N–H and O–H groups in total. The van der Waals surface area contributed by atoms with E-state index < -0.39 is 0 Å². The van der Waals surface area contributed by atoms with Gasteiger partial charge in [0.2, 0.25) is 5.95 Å². The number of nitrogens with one attached hydrogen (secondary N) is 2. The predicted molar refractivity (Wildman–Crippen MR) is 67.5 cm³/mol. The standard InChI is InChI=1S/C11H16N6/c1-7-5-10(15-11(12-3)13-7)14-9-6-17(4)16-8(9)2/h5-6H,1-4H3,(H2,12,13,14,15). The molecule has 0 bridgehead atoms. The van der Waals surface area contributed by atoms with E-state index in [9.17, 15) is 0 Å². The van der Waals surface area contributed by atoms with Crippen molar-refractivity contribution in [3.05, 3.63) is 23.7 Å². The van der Waals surface area contributed by atoms with Crippen LogP contribution in [-0.2, 0) is 7.05 Å². The minimum atomic E-state index is 0.606. The molecule has 0 saturated heterocycles. The van der Waals surface area contributed by atoms with Gasteiger partial charge >= 0.3 is 0 Å². The van der Waals surface area contributed by atoms with Crippen molar-refractivity contribution in [2.45, 2.75) is 13.8 Å². The zero-order valence-corrected chi connectivity index (χ0v) is 10.4. The van der Waals surface area contributed by atoms with Crippen LogP contribution in [0.1, 0.15) is 11.4 Å². The van der Waals surface area contributed by atoms with Crippen LogP contribution in [0.5, 0.6) is 0 Å². The van der Waals surface area contributed by atoms with E-state index in [4.69, 9.17) is 0 Å². The highest BCUT2D eigenvalue weighted by Gasteiger charge is 2.05. The second kappa shape index (κ2) is 4.40. The summed E-state index contributed by atoms with van der Waals surface area (Å²) < 4.78 is 1.77. The highest BCUT2D eigenvalue weighted by molar-refractivity contribution is 5.58. The highest BCUT2D eigenvalue weighted by atomic mass is 15.3. The summed E-state index contributed by atoms with van der Waals surface area (Å²) in [4.78, 5) is 8.57. The Kier molecular flexibility index (Phi) is 2.95. The molecule has 2 rings (SSSR count). The van der Waals surface area contributed by atoms with Crippen molar-refractivity contribution in [1.29, 1.82) is 0 Å². The van der Waals surface area contributed by atoms with E-state index in [1.54, 1.807) is 11.7 Å². The van der Waals surface area contributed by atoms with Gasteiger partial charge in [-0.1, -0.05) is 0 Å². The quantitative estimate of drug-likeness (QED) is 0.841. The Balaban J connectivity index is 2.29. The summed E-state index contributed by atoms with van der Waals surface area (Å²) in [5.74, 6) is 1.37. The summed E-state index contributed by atoms with van der Waals surface area (Å²) in [6, 6.07) is 1.90. The molecule has 2 aromatic heterocycles. The largest absolute Gasteiger partial charge is 0.357 e. The van der Waals surface area contributed by atoms with E-state index in [1.165, 1.54) is 0 Å². The van der Waals surface area contributed by atoms with E-state index in [-0.39, 0.29) is 0 Å². The van der Waals surface area contributed by atoms with Gasteiger partial charge in [0, 0.05) is 32.1 Å². The second-order valence-corrected chi connectivity index (χ2v) is 3.90. The molecule has 0 aliphatic carbocycles. The minimum absolute atomic E-state index is 0.606. The molecule has 0 fully saturated rings. The number of hydrogen-bond acceptors (Lipinski definition) is 5. The smallest absolute Gasteiger partial charge is 0.224 e. The van der Waals surface area contributed by atoms with Crippen molar-refractivity contribution < 1.29 is 0 Å². The van der Waals surface area contributed by atoms with Gasteiger partial charge in [0.05, 0.1) is 11.4 Å². The first-order valence-electron chi connectivity index (χ1n) is 5.39. The van der Waals surface area contributed by atoms with Crippen molar-refractivity contribution in [2.24, 2.45) is 7.05 Å². The number of nitrogens with zero attached hydrogens (tertiary/aromatic N) is 4. The summed E-state index contributed by atoms with van der Waals surface area (Å²) >= 11 is 0. The minimum Gasteiger partial charge on any atom is -0.357 e. The first kappa shape index (κ1) is 11.4. The van der Waals surface area contributed by atoms with E-state index in [0.717, 1.165) is 22.9 Å². The molecule has 0 unspecified atom stereocenters. The molecule has 6 heteroatoms. The number of aromatic nitrogens is 4. The molecule has 0 amide bonds. The van der Waals surface area contributed by atoms with Gasteiger partial charge in [-0.05, 0) is 13.8 Å². The first-order chi connectivity index (χ1) is 8.08. The van der Waals surface area contributed by atoms with Gasteiger partial charge < -0.3 is 10.6 Å².